The second kappa shape index (κ2) is 9.35. The summed E-state index contributed by atoms with van der Waals surface area (Å²) in [5.41, 5.74) is 4.17. The molecule has 2 atom stereocenters. The Kier molecular flexibility index (Phi) is 6.53. The zero-order chi connectivity index (χ0) is 22.8. The zero-order valence-corrected chi connectivity index (χ0v) is 19.6. The Balaban J connectivity index is 1.78. The molecule has 0 saturated carbocycles. The number of methoxy groups -OCH3 is 1. The van der Waals surface area contributed by atoms with E-state index in [4.69, 9.17) is 26.1 Å². The van der Waals surface area contributed by atoms with Crippen LogP contribution in [0.25, 0.3) is 11.4 Å². The van der Waals surface area contributed by atoms with Crippen molar-refractivity contribution in [3.63, 3.8) is 0 Å². The molecule has 0 unspecified atom stereocenters. The Hall–Kier alpha value is -2.83. The SMILES string of the molecule is CCO[C@H]1Cc2ccccc2[C@H]1Nc1c(CC)nc(-c2ccc(OC)cc2Cl)n(C)c1=O. The molecule has 1 aliphatic carbocycles. The fourth-order valence-corrected chi connectivity index (χ4v) is 4.60. The van der Waals surface area contributed by atoms with E-state index in [2.05, 4.69) is 17.4 Å². The van der Waals surface area contributed by atoms with Gasteiger partial charge in [0.2, 0.25) is 0 Å². The maximum absolute atomic E-state index is 13.5. The van der Waals surface area contributed by atoms with Gasteiger partial charge >= 0.3 is 0 Å². The standard InChI is InChI=1S/C25H28ClN3O3/c1-5-20-23(28-22-17-10-8-7-9-15(17)13-21(22)32-6-2)25(30)29(3)24(27-20)18-12-11-16(31-4)14-19(18)26/h7-12,14,21-22,28H,5-6,13H2,1-4H3/t21-,22+/m0/s1. The van der Waals surface area contributed by atoms with Crippen molar-refractivity contribution in [3.05, 3.63) is 74.7 Å². The molecule has 32 heavy (non-hydrogen) atoms. The molecule has 1 N–H and O–H groups in total. The summed E-state index contributed by atoms with van der Waals surface area (Å²) in [6, 6.07) is 13.5. The molecule has 1 aromatic heterocycles. The van der Waals surface area contributed by atoms with Gasteiger partial charge in [0.1, 0.15) is 17.3 Å². The monoisotopic (exact) mass is 453 g/mol. The third kappa shape index (κ3) is 4.00. The van der Waals surface area contributed by atoms with Crippen LogP contribution in [0.2, 0.25) is 5.02 Å². The lowest BCUT2D eigenvalue weighted by Gasteiger charge is -2.24. The van der Waals surface area contributed by atoms with Gasteiger partial charge in [-0.2, -0.15) is 0 Å². The lowest BCUT2D eigenvalue weighted by atomic mass is 10.1. The number of nitrogens with zero attached hydrogens (tertiary/aromatic N) is 2. The first-order valence-electron chi connectivity index (χ1n) is 10.9. The highest BCUT2D eigenvalue weighted by molar-refractivity contribution is 6.33. The number of anilines is 1. The van der Waals surface area contributed by atoms with Crippen molar-refractivity contribution >= 4 is 17.3 Å². The number of hydrogen-bond acceptors (Lipinski definition) is 5. The van der Waals surface area contributed by atoms with Crippen molar-refractivity contribution < 1.29 is 9.47 Å². The van der Waals surface area contributed by atoms with Gasteiger partial charge in [-0.25, -0.2) is 4.98 Å². The van der Waals surface area contributed by atoms with Crippen LogP contribution in [-0.2, 0) is 24.6 Å². The third-order valence-corrected chi connectivity index (χ3v) is 6.29. The van der Waals surface area contributed by atoms with Gasteiger partial charge in [0.15, 0.2) is 0 Å². The molecule has 1 aliphatic rings. The maximum atomic E-state index is 13.5. The van der Waals surface area contributed by atoms with E-state index in [1.165, 1.54) is 5.56 Å². The molecule has 0 radical (unpaired) electrons. The van der Waals surface area contributed by atoms with Crippen molar-refractivity contribution in [2.24, 2.45) is 7.05 Å². The lowest BCUT2D eigenvalue weighted by Crippen LogP contribution is -2.31. The summed E-state index contributed by atoms with van der Waals surface area (Å²) in [6.07, 6.45) is 1.38. The lowest BCUT2D eigenvalue weighted by molar-refractivity contribution is 0.0574. The summed E-state index contributed by atoms with van der Waals surface area (Å²) in [4.78, 5) is 18.3. The van der Waals surface area contributed by atoms with E-state index >= 15 is 0 Å². The summed E-state index contributed by atoms with van der Waals surface area (Å²) in [7, 11) is 3.31. The molecule has 168 valence electrons. The van der Waals surface area contributed by atoms with Crippen molar-refractivity contribution in [1.29, 1.82) is 0 Å². The predicted molar refractivity (Wildman–Crippen MR) is 128 cm³/mol. The molecule has 0 bridgehead atoms. The second-order valence-electron chi connectivity index (χ2n) is 7.84. The fourth-order valence-electron chi connectivity index (χ4n) is 4.35. The van der Waals surface area contributed by atoms with Gasteiger partial charge in [-0.05, 0) is 42.7 Å². The van der Waals surface area contributed by atoms with Gasteiger partial charge in [-0.15, -0.1) is 0 Å². The summed E-state index contributed by atoms with van der Waals surface area (Å²) < 4.78 is 12.8. The Morgan fingerprint density at radius 2 is 2.00 bits per heavy atom. The van der Waals surface area contributed by atoms with Crippen LogP contribution in [-0.4, -0.2) is 29.4 Å². The van der Waals surface area contributed by atoms with E-state index in [9.17, 15) is 4.79 Å². The van der Waals surface area contributed by atoms with Crippen LogP contribution in [0.3, 0.4) is 0 Å². The molecule has 0 amide bonds. The first-order chi connectivity index (χ1) is 15.5. The van der Waals surface area contributed by atoms with E-state index in [0.29, 0.717) is 46.6 Å². The predicted octanol–water partition coefficient (Wildman–Crippen LogP) is 4.79. The molecule has 4 rings (SSSR count). The average Bonchev–Trinajstić information content (AvgIpc) is 3.14. The summed E-state index contributed by atoms with van der Waals surface area (Å²) in [5, 5.41) is 3.98. The highest BCUT2D eigenvalue weighted by Gasteiger charge is 2.34. The van der Waals surface area contributed by atoms with E-state index in [0.717, 1.165) is 12.0 Å². The quantitative estimate of drug-likeness (QED) is 0.557. The van der Waals surface area contributed by atoms with E-state index < -0.39 is 0 Å². The molecular weight excluding hydrogens is 426 g/mol. The largest absolute Gasteiger partial charge is 0.497 e. The van der Waals surface area contributed by atoms with Gasteiger partial charge in [0.25, 0.3) is 5.56 Å². The first kappa shape index (κ1) is 22.4. The second-order valence-corrected chi connectivity index (χ2v) is 8.25. The number of fused-ring (bicyclic) bond motifs is 1. The highest BCUT2D eigenvalue weighted by Crippen LogP contribution is 2.36. The van der Waals surface area contributed by atoms with Crippen LogP contribution in [0.1, 0.15) is 36.7 Å². The van der Waals surface area contributed by atoms with E-state index in [1.54, 1.807) is 24.8 Å². The molecule has 0 fully saturated rings. The Morgan fingerprint density at radius 3 is 2.69 bits per heavy atom. The van der Waals surface area contributed by atoms with Crippen molar-refractivity contribution in [2.75, 3.05) is 19.0 Å². The molecule has 0 spiro atoms. The van der Waals surface area contributed by atoms with Gasteiger partial charge in [-0.1, -0.05) is 42.8 Å². The molecule has 1 heterocycles. The number of aryl methyl sites for hydroxylation is 1. The number of halogens is 1. The topological polar surface area (TPSA) is 65.4 Å². The van der Waals surface area contributed by atoms with Gasteiger partial charge in [0, 0.05) is 25.6 Å². The Bertz CT molecular complexity index is 1190. The number of ether oxygens (including phenoxy) is 2. The van der Waals surface area contributed by atoms with Crippen molar-refractivity contribution in [3.8, 4) is 17.1 Å². The van der Waals surface area contributed by atoms with Gasteiger partial charge in [-0.3, -0.25) is 9.36 Å². The number of rotatable bonds is 7. The minimum absolute atomic E-state index is 0.0393. The zero-order valence-electron chi connectivity index (χ0n) is 18.8. The minimum Gasteiger partial charge on any atom is -0.497 e. The Morgan fingerprint density at radius 1 is 1.22 bits per heavy atom. The van der Waals surface area contributed by atoms with Crippen LogP contribution in [0, 0.1) is 0 Å². The smallest absolute Gasteiger partial charge is 0.277 e. The van der Waals surface area contributed by atoms with Crippen LogP contribution in [0.4, 0.5) is 5.69 Å². The molecule has 6 nitrogen and oxygen atoms in total. The highest BCUT2D eigenvalue weighted by atomic mass is 35.5. The number of nitrogens with one attached hydrogen (secondary N) is 1. The maximum Gasteiger partial charge on any atom is 0.277 e. The van der Waals surface area contributed by atoms with Gasteiger partial charge in [0.05, 0.1) is 30.0 Å². The van der Waals surface area contributed by atoms with Crippen LogP contribution in [0.5, 0.6) is 5.75 Å². The summed E-state index contributed by atoms with van der Waals surface area (Å²) in [5.74, 6) is 1.18. The number of benzene rings is 2. The average molecular weight is 454 g/mol. The third-order valence-electron chi connectivity index (χ3n) is 5.98. The summed E-state index contributed by atoms with van der Waals surface area (Å²) >= 11 is 6.48. The Labute approximate surface area is 193 Å². The number of aromatic nitrogens is 2. The normalized spacial score (nSPS) is 17.3. The number of hydrogen-bond donors (Lipinski definition) is 1. The van der Waals surface area contributed by atoms with Gasteiger partial charge < -0.3 is 14.8 Å². The minimum atomic E-state index is -0.140. The molecular formula is C25H28ClN3O3. The van der Waals surface area contributed by atoms with Crippen molar-refractivity contribution in [2.45, 2.75) is 38.8 Å². The molecule has 2 aromatic carbocycles. The van der Waals surface area contributed by atoms with E-state index in [-0.39, 0.29) is 17.7 Å². The van der Waals surface area contributed by atoms with Crippen molar-refractivity contribution in [1.82, 2.24) is 9.55 Å². The molecule has 7 heteroatoms. The molecule has 0 aliphatic heterocycles. The molecule has 3 aromatic rings. The summed E-state index contributed by atoms with van der Waals surface area (Å²) in [6.45, 7) is 4.60. The van der Waals surface area contributed by atoms with Crippen LogP contribution in [0.15, 0.2) is 47.3 Å². The van der Waals surface area contributed by atoms with Crippen LogP contribution >= 0.6 is 11.6 Å². The van der Waals surface area contributed by atoms with Crippen LogP contribution < -0.4 is 15.6 Å². The fraction of sp³-hybridized carbons (Fsp3) is 0.360. The van der Waals surface area contributed by atoms with E-state index in [1.807, 2.05) is 38.1 Å². The molecule has 0 saturated heterocycles. The first-order valence-corrected chi connectivity index (χ1v) is 11.3.